The van der Waals surface area contributed by atoms with Gasteiger partial charge in [-0.2, -0.15) is 0 Å². The molecule has 1 aromatic carbocycles. The Balaban J connectivity index is 1.45. The monoisotopic (exact) mass is 432 g/mol. The number of anilines is 1. The van der Waals surface area contributed by atoms with Gasteiger partial charge in [-0.3, -0.25) is 4.90 Å². The van der Waals surface area contributed by atoms with Crippen LogP contribution in [-0.2, 0) is 10.0 Å². The van der Waals surface area contributed by atoms with E-state index in [1.54, 1.807) is 28.1 Å². The minimum atomic E-state index is -3.30. The number of sulfonamides is 1. The maximum absolute atomic E-state index is 13.1. The summed E-state index contributed by atoms with van der Waals surface area (Å²) in [5, 5.41) is 7.05. The molecular weight excluding hydrogens is 412 g/mol. The first-order chi connectivity index (χ1) is 14.0. The standard InChI is InChI=1S/C19H20N4O4S2/c1-2-29(25,26)21-12-9-13-11-23(19(24)22(13)10-12)18-17-14(16-7-4-8-28-16)5-3-6-15(17)27-20-18/h3-8,12-13,21H,2,9-11H2,1H3/t12-,13-/m0/s1. The van der Waals surface area contributed by atoms with Crippen molar-refractivity contribution >= 4 is 44.2 Å². The lowest BCUT2D eigenvalue weighted by Crippen LogP contribution is -2.41. The predicted molar refractivity (Wildman–Crippen MR) is 112 cm³/mol. The molecule has 4 heterocycles. The lowest BCUT2D eigenvalue weighted by atomic mass is 10.1. The molecule has 0 aliphatic carbocycles. The van der Waals surface area contributed by atoms with Crippen molar-refractivity contribution in [3.8, 4) is 10.4 Å². The first-order valence-corrected chi connectivity index (χ1v) is 12.0. The number of hydrogen-bond donors (Lipinski definition) is 1. The van der Waals surface area contributed by atoms with Crippen molar-refractivity contribution in [1.82, 2.24) is 14.8 Å². The van der Waals surface area contributed by atoms with Gasteiger partial charge in [-0.05, 0) is 30.9 Å². The highest BCUT2D eigenvalue weighted by Gasteiger charge is 2.46. The fourth-order valence-corrected chi connectivity index (χ4v) is 5.77. The molecule has 10 heteroatoms. The van der Waals surface area contributed by atoms with Crippen LogP contribution in [0.2, 0.25) is 0 Å². The molecular formula is C19H20N4O4S2. The van der Waals surface area contributed by atoms with Crippen molar-refractivity contribution in [3.63, 3.8) is 0 Å². The zero-order chi connectivity index (χ0) is 20.2. The number of nitrogens with one attached hydrogen (secondary N) is 1. The summed E-state index contributed by atoms with van der Waals surface area (Å²) in [6, 6.07) is 9.34. The molecule has 0 radical (unpaired) electrons. The quantitative estimate of drug-likeness (QED) is 0.669. The highest BCUT2D eigenvalue weighted by atomic mass is 32.2. The number of amides is 2. The van der Waals surface area contributed by atoms with Crippen LogP contribution < -0.4 is 9.62 Å². The van der Waals surface area contributed by atoms with Gasteiger partial charge in [0, 0.05) is 29.6 Å². The van der Waals surface area contributed by atoms with E-state index in [2.05, 4.69) is 9.88 Å². The largest absolute Gasteiger partial charge is 0.354 e. The molecule has 0 saturated carbocycles. The molecule has 2 saturated heterocycles. The lowest BCUT2D eigenvalue weighted by Gasteiger charge is -2.18. The molecule has 2 aromatic heterocycles. The van der Waals surface area contributed by atoms with Crippen molar-refractivity contribution in [1.29, 1.82) is 0 Å². The molecule has 152 valence electrons. The highest BCUT2D eigenvalue weighted by Crippen LogP contribution is 2.40. The van der Waals surface area contributed by atoms with Crippen LogP contribution in [0.4, 0.5) is 10.6 Å². The zero-order valence-corrected chi connectivity index (χ0v) is 17.4. The summed E-state index contributed by atoms with van der Waals surface area (Å²) in [4.78, 5) is 17.6. The normalized spacial score (nSPS) is 22.0. The van der Waals surface area contributed by atoms with Gasteiger partial charge in [0.05, 0.1) is 17.2 Å². The second kappa shape index (κ2) is 6.82. The molecule has 2 amide bonds. The average Bonchev–Trinajstić information content (AvgIpc) is 3.47. The molecule has 0 unspecified atom stereocenters. The molecule has 3 aromatic rings. The molecule has 1 N–H and O–H groups in total. The van der Waals surface area contributed by atoms with E-state index in [1.165, 1.54) is 0 Å². The van der Waals surface area contributed by atoms with Crippen molar-refractivity contribution < 1.29 is 17.7 Å². The fourth-order valence-electron chi connectivity index (χ4n) is 4.16. The summed E-state index contributed by atoms with van der Waals surface area (Å²) in [6.07, 6.45) is 0.592. The van der Waals surface area contributed by atoms with E-state index < -0.39 is 10.0 Å². The zero-order valence-electron chi connectivity index (χ0n) is 15.7. The summed E-state index contributed by atoms with van der Waals surface area (Å²) in [5.74, 6) is 0.555. The van der Waals surface area contributed by atoms with Crippen LogP contribution >= 0.6 is 11.3 Å². The first-order valence-electron chi connectivity index (χ1n) is 9.47. The number of carbonyl (C=O) groups is 1. The average molecular weight is 433 g/mol. The van der Waals surface area contributed by atoms with E-state index in [1.807, 2.05) is 35.7 Å². The minimum Gasteiger partial charge on any atom is -0.354 e. The van der Waals surface area contributed by atoms with E-state index in [0.29, 0.717) is 30.9 Å². The van der Waals surface area contributed by atoms with Gasteiger partial charge in [0.25, 0.3) is 0 Å². The molecule has 0 bridgehead atoms. The molecule has 0 spiro atoms. The van der Waals surface area contributed by atoms with Gasteiger partial charge >= 0.3 is 6.03 Å². The SMILES string of the molecule is CCS(=O)(=O)N[C@H]1C[C@H]2CN(c3noc4cccc(-c5cccs5)c34)C(=O)N2C1. The van der Waals surface area contributed by atoms with E-state index >= 15 is 0 Å². The smallest absolute Gasteiger partial charge is 0.326 e. The van der Waals surface area contributed by atoms with E-state index in [0.717, 1.165) is 15.8 Å². The Bertz CT molecular complexity index is 1170. The maximum Gasteiger partial charge on any atom is 0.326 e. The third-order valence-corrected chi connectivity index (χ3v) is 7.89. The summed E-state index contributed by atoms with van der Waals surface area (Å²) < 4.78 is 31.9. The van der Waals surface area contributed by atoms with Gasteiger partial charge in [-0.25, -0.2) is 17.9 Å². The topological polar surface area (TPSA) is 95.7 Å². The molecule has 2 atom stereocenters. The number of benzene rings is 1. The number of nitrogens with zero attached hydrogens (tertiary/aromatic N) is 3. The van der Waals surface area contributed by atoms with E-state index in [-0.39, 0.29) is 23.9 Å². The number of thiophene rings is 1. The number of aromatic nitrogens is 1. The van der Waals surface area contributed by atoms with Gasteiger partial charge in [0.1, 0.15) is 0 Å². The second-order valence-corrected chi connectivity index (χ2v) is 10.3. The minimum absolute atomic E-state index is 0.0324. The Hall–Kier alpha value is -2.43. The number of rotatable bonds is 5. The highest BCUT2D eigenvalue weighted by molar-refractivity contribution is 7.89. The van der Waals surface area contributed by atoms with Crippen LogP contribution in [0.1, 0.15) is 13.3 Å². The predicted octanol–water partition coefficient (Wildman–Crippen LogP) is 2.88. The molecule has 5 rings (SSSR count). The third kappa shape index (κ3) is 3.11. The Morgan fingerprint density at radius 1 is 1.28 bits per heavy atom. The number of hydrogen-bond acceptors (Lipinski definition) is 6. The maximum atomic E-state index is 13.1. The molecule has 8 nitrogen and oxygen atoms in total. The fraction of sp³-hybridized carbons (Fsp3) is 0.368. The van der Waals surface area contributed by atoms with Crippen LogP contribution in [0.3, 0.4) is 0 Å². The van der Waals surface area contributed by atoms with Gasteiger partial charge in [0.15, 0.2) is 11.4 Å². The van der Waals surface area contributed by atoms with E-state index in [9.17, 15) is 13.2 Å². The van der Waals surface area contributed by atoms with E-state index in [4.69, 9.17) is 4.52 Å². The van der Waals surface area contributed by atoms with Gasteiger partial charge < -0.3 is 9.42 Å². The van der Waals surface area contributed by atoms with Crippen molar-refractivity contribution in [2.75, 3.05) is 23.7 Å². The first kappa shape index (κ1) is 18.6. The molecule has 2 fully saturated rings. The number of fused-ring (bicyclic) bond motifs is 2. The van der Waals surface area contributed by atoms with Gasteiger partial charge in [-0.1, -0.05) is 23.4 Å². The van der Waals surface area contributed by atoms with Crippen LogP contribution in [0.25, 0.3) is 21.4 Å². The number of urea groups is 1. The van der Waals surface area contributed by atoms with Crippen LogP contribution in [-0.4, -0.2) is 55.4 Å². The lowest BCUT2D eigenvalue weighted by molar-refractivity contribution is 0.218. The van der Waals surface area contributed by atoms with Crippen LogP contribution in [0.5, 0.6) is 0 Å². The van der Waals surface area contributed by atoms with Gasteiger partial charge in [0.2, 0.25) is 10.0 Å². The van der Waals surface area contributed by atoms with Crippen LogP contribution in [0, 0.1) is 0 Å². The Morgan fingerprint density at radius 2 is 2.14 bits per heavy atom. The van der Waals surface area contributed by atoms with Crippen molar-refractivity contribution in [2.24, 2.45) is 0 Å². The molecule has 29 heavy (non-hydrogen) atoms. The van der Waals surface area contributed by atoms with Crippen molar-refractivity contribution in [2.45, 2.75) is 25.4 Å². The number of carbonyl (C=O) groups excluding carboxylic acids is 1. The Kier molecular flexibility index (Phi) is 4.37. The summed E-state index contributed by atoms with van der Waals surface area (Å²) in [6.45, 7) is 2.43. The summed E-state index contributed by atoms with van der Waals surface area (Å²) in [5.41, 5.74) is 1.63. The second-order valence-electron chi connectivity index (χ2n) is 7.32. The Labute approximate surface area is 172 Å². The van der Waals surface area contributed by atoms with Gasteiger partial charge in [-0.15, -0.1) is 11.3 Å². The molecule has 2 aliphatic rings. The summed E-state index contributed by atoms with van der Waals surface area (Å²) >= 11 is 1.62. The van der Waals surface area contributed by atoms with Crippen molar-refractivity contribution in [3.05, 3.63) is 35.7 Å². The molecule has 2 aliphatic heterocycles. The Morgan fingerprint density at radius 3 is 2.86 bits per heavy atom. The van der Waals surface area contributed by atoms with Crippen LogP contribution in [0.15, 0.2) is 40.2 Å². The summed E-state index contributed by atoms with van der Waals surface area (Å²) in [7, 11) is -3.30. The third-order valence-electron chi connectivity index (χ3n) is 5.53.